The zero-order valence-corrected chi connectivity index (χ0v) is 13.2. The Morgan fingerprint density at radius 1 is 1.41 bits per heavy atom. The van der Waals surface area contributed by atoms with Crippen molar-refractivity contribution in [2.75, 3.05) is 19.6 Å². The van der Waals surface area contributed by atoms with Crippen molar-refractivity contribution in [2.45, 2.75) is 13.3 Å². The minimum absolute atomic E-state index is 0.0488. The highest BCUT2D eigenvalue weighted by Crippen LogP contribution is 2.21. The van der Waals surface area contributed by atoms with E-state index in [1.807, 2.05) is 6.92 Å². The van der Waals surface area contributed by atoms with Crippen molar-refractivity contribution in [1.82, 2.24) is 15.6 Å². The van der Waals surface area contributed by atoms with Gasteiger partial charge in [-0.15, -0.1) is 11.3 Å². The molecule has 1 aromatic carbocycles. The Kier molecular flexibility index (Phi) is 4.49. The molecule has 0 unspecified atom stereocenters. The summed E-state index contributed by atoms with van der Waals surface area (Å²) in [4.78, 5) is 17.3. The van der Waals surface area contributed by atoms with Gasteiger partial charge in [-0.25, -0.2) is 9.37 Å². The van der Waals surface area contributed by atoms with Gasteiger partial charge in [-0.1, -0.05) is 12.1 Å². The van der Waals surface area contributed by atoms with E-state index in [9.17, 15) is 9.18 Å². The van der Waals surface area contributed by atoms with E-state index >= 15 is 0 Å². The summed E-state index contributed by atoms with van der Waals surface area (Å²) in [5.74, 6) is 0.243. The van der Waals surface area contributed by atoms with E-state index in [4.69, 9.17) is 0 Å². The minimum atomic E-state index is -0.246. The molecule has 0 saturated carbocycles. The SMILES string of the molecule is Cc1nc(Cc2ccc(F)cc2)sc1C(=O)NCC1CNC1. The van der Waals surface area contributed by atoms with Gasteiger partial charge < -0.3 is 10.6 Å². The molecule has 2 aromatic rings. The second kappa shape index (κ2) is 6.54. The summed E-state index contributed by atoms with van der Waals surface area (Å²) in [6, 6.07) is 6.37. The molecule has 2 N–H and O–H groups in total. The first kappa shape index (κ1) is 15.1. The van der Waals surface area contributed by atoms with E-state index in [2.05, 4.69) is 15.6 Å². The Morgan fingerprint density at radius 2 is 2.14 bits per heavy atom. The summed E-state index contributed by atoms with van der Waals surface area (Å²) in [6.45, 7) is 4.50. The summed E-state index contributed by atoms with van der Waals surface area (Å²) in [5, 5.41) is 7.03. The van der Waals surface area contributed by atoms with E-state index < -0.39 is 0 Å². The molecular formula is C16H18FN3OS. The topological polar surface area (TPSA) is 54.0 Å². The largest absolute Gasteiger partial charge is 0.351 e. The number of rotatable bonds is 5. The Hall–Kier alpha value is -1.79. The van der Waals surface area contributed by atoms with Gasteiger partial charge in [0.2, 0.25) is 0 Å². The van der Waals surface area contributed by atoms with E-state index in [1.165, 1.54) is 23.5 Å². The normalized spacial score (nSPS) is 14.6. The molecule has 0 bridgehead atoms. The molecule has 3 rings (SSSR count). The number of thiazole rings is 1. The Morgan fingerprint density at radius 3 is 2.77 bits per heavy atom. The number of halogens is 1. The number of aromatic nitrogens is 1. The highest BCUT2D eigenvalue weighted by Gasteiger charge is 2.20. The quantitative estimate of drug-likeness (QED) is 0.888. The number of amides is 1. The van der Waals surface area contributed by atoms with E-state index in [-0.39, 0.29) is 11.7 Å². The van der Waals surface area contributed by atoms with Crippen LogP contribution in [0.4, 0.5) is 4.39 Å². The fourth-order valence-electron chi connectivity index (χ4n) is 2.33. The number of benzene rings is 1. The third-order valence-electron chi connectivity index (χ3n) is 3.73. The van der Waals surface area contributed by atoms with Crippen LogP contribution in [0.15, 0.2) is 24.3 Å². The monoisotopic (exact) mass is 319 g/mol. The van der Waals surface area contributed by atoms with Gasteiger partial charge in [-0.2, -0.15) is 0 Å². The van der Waals surface area contributed by atoms with Crippen molar-refractivity contribution in [2.24, 2.45) is 5.92 Å². The van der Waals surface area contributed by atoms with Gasteiger partial charge in [0.25, 0.3) is 5.91 Å². The first-order valence-electron chi connectivity index (χ1n) is 7.31. The third-order valence-corrected chi connectivity index (χ3v) is 4.89. The maximum absolute atomic E-state index is 12.9. The molecule has 0 aliphatic carbocycles. The number of aryl methyl sites for hydroxylation is 1. The highest BCUT2D eigenvalue weighted by atomic mass is 32.1. The molecule has 0 spiro atoms. The van der Waals surface area contributed by atoms with Crippen LogP contribution in [0.25, 0.3) is 0 Å². The van der Waals surface area contributed by atoms with E-state index in [0.717, 1.165) is 29.4 Å². The van der Waals surface area contributed by atoms with Gasteiger partial charge in [0.05, 0.1) is 10.7 Å². The summed E-state index contributed by atoms with van der Waals surface area (Å²) >= 11 is 1.41. The number of hydrogen-bond donors (Lipinski definition) is 2. The lowest BCUT2D eigenvalue weighted by molar-refractivity contribution is 0.0945. The summed E-state index contributed by atoms with van der Waals surface area (Å²) in [6.07, 6.45) is 0.617. The predicted octanol–water partition coefficient (Wildman–Crippen LogP) is 2.13. The molecule has 1 saturated heterocycles. The molecule has 6 heteroatoms. The summed E-state index contributed by atoms with van der Waals surface area (Å²) < 4.78 is 12.9. The van der Waals surface area contributed by atoms with Gasteiger partial charge in [0, 0.05) is 32.0 Å². The average molecular weight is 319 g/mol. The minimum Gasteiger partial charge on any atom is -0.351 e. The predicted molar refractivity (Wildman–Crippen MR) is 84.7 cm³/mol. The number of hydrogen-bond acceptors (Lipinski definition) is 4. The average Bonchev–Trinajstić information content (AvgIpc) is 2.80. The molecule has 4 nitrogen and oxygen atoms in total. The number of carbonyl (C=O) groups excluding carboxylic acids is 1. The number of nitrogens with zero attached hydrogens (tertiary/aromatic N) is 1. The van der Waals surface area contributed by atoms with E-state index in [0.29, 0.717) is 23.8 Å². The number of nitrogens with one attached hydrogen (secondary N) is 2. The van der Waals surface area contributed by atoms with Crippen LogP contribution >= 0.6 is 11.3 Å². The zero-order chi connectivity index (χ0) is 15.5. The van der Waals surface area contributed by atoms with Crippen molar-refractivity contribution in [3.63, 3.8) is 0 Å². The maximum atomic E-state index is 12.9. The van der Waals surface area contributed by atoms with Crippen LogP contribution in [0.2, 0.25) is 0 Å². The molecule has 1 amide bonds. The van der Waals surface area contributed by atoms with Crippen molar-refractivity contribution >= 4 is 17.2 Å². The van der Waals surface area contributed by atoms with Crippen LogP contribution in [-0.4, -0.2) is 30.5 Å². The molecule has 116 valence electrons. The van der Waals surface area contributed by atoms with Crippen LogP contribution in [0, 0.1) is 18.7 Å². The second-order valence-corrected chi connectivity index (χ2v) is 6.64. The third kappa shape index (κ3) is 3.51. The van der Waals surface area contributed by atoms with Crippen molar-refractivity contribution in [1.29, 1.82) is 0 Å². The van der Waals surface area contributed by atoms with Crippen LogP contribution in [-0.2, 0) is 6.42 Å². The zero-order valence-electron chi connectivity index (χ0n) is 12.4. The first-order chi connectivity index (χ1) is 10.6. The van der Waals surface area contributed by atoms with Gasteiger partial charge in [-0.3, -0.25) is 4.79 Å². The fourth-order valence-corrected chi connectivity index (χ4v) is 3.34. The lowest BCUT2D eigenvalue weighted by Gasteiger charge is -2.26. The van der Waals surface area contributed by atoms with Gasteiger partial charge >= 0.3 is 0 Å². The fraction of sp³-hybridized carbons (Fsp3) is 0.375. The van der Waals surface area contributed by atoms with Gasteiger partial charge in [0.1, 0.15) is 10.7 Å². The van der Waals surface area contributed by atoms with Crippen molar-refractivity contribution in [3.8, 4) is 0 Å². The Labute approximate surface area is 132 Å². The molecule has 0 radical (unpaired) electrons. The molecule has 1 fully saturated rings. The molecule has 1 aliphatic heterocycles. The molecular weight excluding hydrogens is 301 g/mol. The molecule has 1 aliphatic rings. The van der Waals surface area contributed by atoms with Crippen molar-refractivity contribution in [3.05, 3.63) is 51.2 Å². The van der Waals surface area contributed by atoms with Crippen LogP contribution in [0.5, 0.6) is 0 Å². The standard InChI is InChI=1S/C16H18FN3OS/c1-10-15(16(21)19-9-12-7-18-8-12)22-14(20-10)6-11-2-4-13(17)5-3-11/h2-5,12,18H,6-9H2,1H3,(H,19,21). The molecule has 1 aromatic heterocycles. The maximum Gasteiger partial charge on any atom is 0.263 e. The van der Waals surface area contributed by atoms with Crippen molar-refractivity contribution < 1.29 is 9.18 Å². The van der Waals surface area contributed by atoms with Gasteiger partial charge in [0.15, 0.2) is 0 Å². The van der Waals surface area contributed by atoms with E-state index in [1.54, 1.807) is 12.1 Å². The summed E-state index contributed by atoms with van der Waals surface area (Å²) in [5.41, 5.74) is 1.74. The van der Waals surface area contributed by atoms with Crippen LogP contribution in [0.1, 0.15) is 25.9 Å². The lowest BCUT2D eigenvalue weighted by atomic mass is 10.0. The Bertz CT molecular complexity index is 665. The summed E-state index contributed by atoms with van der Waals surface area (Å²) in [7, 11) is 0. The van der Waals surface area contributed by atoms with Crippen LogP contribution in [0.3, 0.4) is 0 Å². The molecule has 2 heterocycles. The molecule has 22 heavy (non-hydrogen) atoms. The smallest absolute Gasteiger partial charge is 0.263 e. The second-order valence-electron chi connectivity index (χ2n) is 5.56. The first-order valence-corrected chi connectivity index (χ1v) is 8.13. The van der Waals surface area contributed by atoms with Gasteiger partial charge in [-0.05, 0) is 24.6 Å². The Balaban J connectivity index is 1.64. The number of carbonyl (C=O) groups is 1. The highest BCUT2D eigenvalue weighted by molar-refractivity contribution is 7.13. The lowest BCUT2D eigenvalue weighted by Crippen LogP contribution is -2.48. The molecule has 0 atom stereocenters. The van der Waals surface area contributed by atoms with Crippen LogP contribution < -0.4 is 10.6 Å².